The van der Waals surface area contributed by atoms with Crippen molar-refractivity contribution >= 4 is 15.9 Å². The zero-order valence-corrected chi connectivity index (χ0v) is 16.2. The Labute approximate surface area is 151 Å². The van der Waals surface area contributed by atoms with Crippen LogP contribution < -0.4 is 5.32 Å². The number of amides is 1. The average molecular weight is 368 g/mol. The Bertz CT molecular complexity index is 667. The normalized spacial score (nSPS) is 18.9. The van der Waals surface area contributed by atoms with E-state index in [2.05, 4.69) is 5.32 Å². The molecule has 0 saturated carbocycles. The molecule has 0 bridgehead atoms. The molecule has 1 aromatic rings. The van der Waals surface area contributed by atoms with E-state index in [1.807, 2.05) is 20.9 Å². The van der Waals surface area contributed by atoms with Gasteiger partial charge in [-0.05, 0) is 70.5 Å². The van der Waals surface area contributed by atoms with E-state index in [9.17, 15) is 13.2 Å². The Morgan fingerprint density at radius 3 is 2.44 bits per heavy atom. The van der Waals surface area contributed by atoms with Gasteiger partial charge in [-0.1, -0.05) is 0 Å². The topological polar surface area (TPSA) is 69.7 Å². The lowest BCUT2D eigenvalue weighted by molar-refractivity contribution is 0.0773. The van der Waals surface area contributed by atoms with E-state index >= 15 is 0 Å². The summed E-state index contributed by atoms with van der Waals surface area (Å²) in [6, 6.07) is 6.33. The monoisotopic (exact) mass is 367 g/mol. The summed E-state index contributed by atoms with van der Waals surface area (Å²) in [6.45, 7) is 7.05. The van der Waals surface area contributed by atoms with Crippen LogP contribution in [0.2, 0.25) is 0 Å². The molecule has 0 spiro atoms. The quantitative estimate of drug-likeness (QED) is 0.798. The molecule has 1 heterocycles. The highest BCUT2D eigenvalue weighted by Crippen LogP contribution is 2.24. The smallest absolute Gasteiger partial charge is 0.253 e. The molecule has 7 heteroatoms. The molecule has 1 amide bonds. The van der Waals surface area contributed by atoms with Gasteiger partial charge in [-0.2, -0.15) is 4.31 Å². The van der Waals surface area contributed by atoms with Gasteiger partial charge in [0.05, 0.1) is 4.90 Å². The number of carbonyl (C=O) groups excluding carboxylic acids is 1. The van der Waals surface area contributed by atoms with Gasteiger partial charge in [-0.3, -0.25) is 4.79 Å². The van der Waals surface area contributed by atoms with E-state index in [1.54, 1.807) is 33.5 Å². The van der Waals surface area contributed by atoms with Gasteiger partial charge in [0.15, 0.2) is 0 Å². The highest BCUT2D eigenvalue weighted by atomic mass is 32.2. The molecule has 2 rings (SSSR count). The number of piperidine rings is 1. The lowest BCUT2D eigenvalue weighted by Gasteiger charge is -2.31. The summed E-state index contributed by atoms with van der Waals surface area (Å²) < 4.78 is 27.3. The lowest BCUT2D eigenvalue weighted by atomic mass is 10.00. The minimum Gasteiger partial charge on any atom is -0.339 e. The molecule has 6 nitrogen and oxygen atoms in total. The maximum Gasteiger partial charge on any atom is 0.253 e. The molecule has 1 N–H and O–H groups in total. The Kier molecular flexibility index (Phi) is 6.98. The summed E-state index contributed by atoms with van der Waals surface area (Å²) in [7, 11) is -1.62. The molecular weight excluding hydrogens is 338 g/mol. The summed E-state index contributed by atoms with van der Waals surface area (Å²) in [4.78, 5) is 14.3. The molecule has 0 radical (unpaired) electrons. The number of carbonyl (C=O) groups is 1. The van der Waals surface area contributed by atoms with E-state index in [-0.39, 0.29) is 10.8 Å². The fraction of sp³-hybridized carbons (Fsp3) is 0.611. The zero-order valence-electron chi connectivity index (χ0n) is 15.4. The molecule has 1 atom stereocenters. The van der Waals surface area contributed by atoms with Crippen LogP contribution in [0.5, 0.6) is 0 Å². The molecule has 1 aromatic carbocycles. The van der Waals surface area contributed by atoms with E-state index in [4.69, 9.17) is 0 Å². The van der Waals surface area contributed by atoms with E-state index < -0.39 is 10.0 Å². The third-order valence-corrected chi connectivity index (χ3v) is 6.64. The fourth-order valence-electron chi connectivity index (χ4n) is 3.31. The highest BCUT2D eigenvalue weighted by molar-refractivity contribution is 7.89. The second kappa shape index (κ2) is 8.78. The number of nitrogens with zero attached hydrogens (tertiary/aromatic N) is 2. The van der Waals surface area contributed by atoms with Gasteiger partial charge in [0.1, 0.15) is 0 Å². The minimum absolute atomic E-state index is 0.0685. The van der Waals surface area contributed by atoms with Crippen molar-refractivity contribution in [1.82, 2.24) is 14.5 Å². The van der Waals surface area contributed by atoms with E-state index in [0.29, 0.717) is 37.7 Å². The second-order valence-corrected chi connectivity index (χ2v) is 8.37. The van der Waals surface area contributed by atoms with Gasteiger partial charge in [-0.25, -0.2) is 8.42 Å². The van der Waals surface area contributed by atoms with Crippen molar-refractivity contribution in [1.29, 1.82) is 0 Å². The third kappa shape index (κ3) is 4.59. The third-order valence-electron chi connectivity index (χ3n) is 4.76. The van der Waals surface area contributed by atoms with Crippen LogP contribution in [0.25, 0.3) is 0 Å². The SMILES string of the molecule is CCN(CC)C(=O)c1ccc(S(=O)(=O)N2CCCC(CNC)C2)cc1. The molecule has 140 valence electrons. The summed E-state index contributed by atoms with van der Waals surface area (Å²) in [5, 5.41) is 3.13. The largest absolute Gasteiger partial charge is 0.339 e. The van der Waals surface area contributed by atoms with E-state index in [0.717, 1.165) is 19.4 Å². The van der Waals surface area contributed by atoms with Crippen LogP contribution in [0, 0.1) is 5.92 Å². The van der Waals surface area contributed by atoms with Gasteiger partial charge in [0.25, 0.3) is 5.91 Å². The molecule has 0 aliphatic carbocycles. The van der Waals surface area contributed by atoms with Crippen molar-refractivity contribution in [3.63, 3.8) is 0 Å². The first-order chi connectivity index (χ1) is 11.9. The van der Waals surface area contributed by atoms with Crippen LogP contribution in [0.3, 0.4) is 0 Å². The number of benzene rings is 1. The number of sulfonamides is 1. The van der Waals surface area contributed by atoms with Crippen LogP contribution in [-0.2, 0) is 10.0 Å². The predicted octanol–water partition coefficient (Wildman–Crippen LogP) is 1.79. The summed E-state index contributed by atoms with van der Waals surface area (Å²) >= 11 is 0. The first-order valence-electron chi connectivity index (χ1n) is 8.98. The van der Waals surface area contributed by atoms with Crippen LogP contribution >= 0.6 is 0 Å². The van der Waals surface area contributed by atoms with Crippen LogP contribution in [0.15, 0.2) is 29.2 Å². The molecule has 1 aliphatic heterocycles. The van der Waals surface area contributed by atoms with Crippen molar-refractivity contribution < 1.29 is 13.2 Å². The zero-order chi connectivity index (χ0) is 18.4. The van der Waals surface area contributed by atoms with Crippen LogP contribution in [0.4, 0.5) is 0 Å². The fourth-order valence-corrected chi connectivity index (χ4v) is 4.87. The van der Waals surface area contributed by atoms with Crippen LogP contribution in [0.1, 0.15) is 37.0 Å². The Hall–Kier alpha value is -1.44. The summed E-state index contributed by atoms with van der Waals surface area (Å²) in [5.41, 5.74) is 0.523. The first-order valence-corrected chi connectivity index (χ1v) is 10.4. The Balaban J connectivity index is 2.16. The van der Waals surface area contributed by atoms with E-state index in [1.165, 1.54) is 0 Å². The molecule has 1 unspecified atom stereocenters. The van der Waals surface area contributed by atoms with Crippen molar-refractivity contribution in [2.75, 3.05) is 39.8 Å². The van der Waals surface area contributed by atoms with Gasteiger partial charge < -0.3 is 10.2 Å². The van der Waals surface area contributed by atoms with Crippen LogP contribution in [-0.4, -0.2) is 63.3 Å². The number of rotatable bonds is 7. The number of hydrogen-bond acceptors (Lipinski definition) is 4. The Morgan fingerprint density at radius 2 is 1.88 bits per heavy atom. The molecule has 1 aliphatic rings. The maximum atomic E-state index is 12.9. The number of nitrogens with one attached hydrogen (secondary N) is 1. The maximum absolute atomic E-state index is 12.9. The van der Waals surface area contributed by atoms with Gasteiger partial charge in [0, 0.05) is 31.7 Å². The van der Waals surface area contributed by atoms with Gasteiger partial charge in [-0.15, -0.1) is 0 Å². The van der Waals surface area contributed by atoms with Gasteiger partial charge in [0.2, 0.25) is 10.0 Å². The summed E-state index contributed by atoms with van der Waals surface area (Å²) in [5.74, 6) is 0.276. The van der Waals surface area contributed by atoms with Crippen molar-refractivity contribution in [3.05, 3.63) is 29.8 Å². The number of hydrogen-bond donors (Lipinski definition) is 1. The Morgan fingerprint density at radius 1 is 1.24 bits per heavy atom. The highest BCUT2D eigenvalue weighted by Gasteiger charge is 2.30. The lowest BCUT2D eigenvalue weighted by Crippen LogP contribution is -2.42. The standard InChI is InChI=1S/C18H29N3O3S/c1-4-20(5-2)18(22)16-8-10-17(11-9-16)25(23,24)21-12-6-7-15(14-21)13-19-3/h8-11,15,19H,4-7,12-14H2,1-3H3. The summed E-state index contributed by atoms with van der Waals surface area (Å²) in [6.07, 6.45) is 1.92. The van der Waals surface area contributed by atoms with Gasteiger partial charge >= 0.3 is 0 Å². The van der Waals surface area contributed by atoms with Crippen molar-refractivity contribution in [3.8, 4) is 0 Å². The minimum atomic E-state index is -3.51. The average Bonchev–Trinajstić information content (AvgIpc) is 2.63. The molecule has 1 saturated heterocycles. The molecular formula is C18H29N3O3S. The van der Waals surface area contributed by atoms with Crippen molar-refractivity contribution in [2.24, 2.45) is 5.92 Å². The first kappa shape index (κ1) is 19.9. The van der Waals surface area contributed by atoms with Crippen molar-refractivity contribution in [2.45, 2.75) is 31.6 Å². The molecule has 0 aromatic heterocycles. The predicted molar refractivity (Wildman–Crippen MR) is 99.1 cm³/mol. The second-order valence-electron chi connectivity index (χ2n) is 6.43. The molecule has 25 heavy (non-hydrogen) atoms. The molecule has 1 fully saturated rings.